The average Bonchev–Trinajstić information content (AvgIpc) is 2.75. The van der Waals surface area contributed by atoms with E-state index in [0.717, 1.165) is 22.2 Å². The Morgan fingerprint density at radius 1 is 1.17 bits per heavy atom. The zero-order chi connectivity index (χ0) is 16.6. The van der Waals surface area contributed by atoms with E-state index in [-0.39, 0.29) is 12.5 Å². The molecule has 1 aliphatic heterocycles. The van der Waals surface area contributed by atoms with Gasteiger partial charge in [0.25, 0.3) is 0 Å². The van der Waals surface area contributed by atoms with Crippen molar-refractivity contribution in [3.8, 4) is 0 Å². The number of nitrogens with zero attached hydrogens (tertiary/aromatic N) is 2. The van der Waals surface area contributed by atoms with Crippen molar-refractivity contribution in [2.75, 3.05) is 27.3 Å². The molecule has 1 aromatic carbocycles. The molecule has 0 saturated carbocycles. The standard InChI is InChI=1S/C17H20N2O4/c1-18-14-7-5-4-6-11(14)12-8-9-19(17(21)23-3)10-13(15(12)18)16(20)22-2/h4-7,13H,8-10H2,1-3H3. The van der Waals surface area contributed by atoms with Crippen LogP contribution in [-0.4, -0.2) is 48.8 Å². The Hall–Kier alpha value is -2.50. The largest absolute Gasteiger partial charge is 0.468 e. The van der Waals surface area contributed by atoms with Gasteiger partial charge >= 0.3 is 12.1 Å². The number of aryl methyl sites for hydroxylation is 1. The molecule has 0 fully saturated rings. The summed E-state index contributed by atoms with van der Waals surface area (Å²) >= 11 is 0. The Labute approximate surface area is 134 Å². The van der Waals surface area contributed by atoms with Crippen LogP contribution in [0.2, 0.25) is 0 Å². The molecule has 1 aromatic heterocycles. The molecule has 0 saturated heterocycles. The lowest BCUT2D eigenvalue weighted by Crippen LogP contribution is -2.37. The fourth-order valence-electron chi connectivity index (χ4n) is 3.47. The van der Waals surface area contributed by atoms with Crippen molar-refractivity contribution >= 4 is 23.0 Å². The summed E-state index contributed by atoms with van der Waals surface area (Å²) in [6, 6.07) is 8.06. The van der Waals surface area contributed by atoms with E-state index in [1.54, 1.807) is 4.90 Å². The molecule has 122 valence electrons. The molecule has 1 aliphatic rings. The molecule has 6 nitrogen and oxygen atoms in total. The zero-order valence-corrected chi connectivity index (χ0v) is 13.5. The van der Waals surface area contributed by atoms with Crippen LogP contribution in [0.1, 0.15) is 17.2 Å². The van der Waals surface area contributed by atoms with E-state index in [1.165, 1.54) is 14.2 Å². The van der Waals surface area contributed by atoms with Crippen LogP contribution >= 0.6 is 0 Å². The predicted molar refractivity (Wildman–Crippen MR) is 85.4 cm³/mol. The number of benzene rings is 1. The third-order valence-electron chi connectivity index (χ3n) is 4.54. The van der Waals surface area contributed by atoms with Gasteiger partial charge in [0, 0.05) is 36.7 Å². The molecular weight excluding hydrogens is 296 g/mol. The SMILES string of the molecule is COC(=O)C1CN(C(=O)OC)CCc2c1n(C)c1ccccc21. The van der Waals surface area contributed by atoms with E-state index in [4.69, 9.17) is 9.47 Å². The second kappa shape index (κ2) is 5.95. The molecule has 2 aromatic rings. The Balaban J connectivity index is 2.16. The highest BCUT2D eigenvalue weighted by Crippen LogP contribution is 2.34. The molecule has 0 N–H and O–H groups in total. The number of amides is 1. The van der Waals surface area contributed by atoms with Crippen LogP contribution in [0.3, 0.4) is 0 Å². The Morgan fingerprint density at radius 2 is 1.91 bits per heavy atom. The second-order valence-corrected chi connectivity index (χ2v) is 5.68. The van der Waals surface area contributed by atoms with Gasteiger partial charge in [0.1, 0.15) is 5.92 Å². The van der Waals surface area contributed by atoms with Gasteiger partial charge in [0.05, 0.1) is 14.2 Å². The van der Waals surface area contributed by atoms with Crippen LogP contribution in [0.4, 0.5) is 4.79 Å². The van der Waals surface area contributed by atoms with Gasteiger partial charge in [0.2, 0.25) is 0 Å². The minimum atomic E-state index is -0.519. The number of para-hydroxylation sites is 1. The molecule has 1 amide bonds. The summed E-state index contributed by atoms with van der Waals surface area (Å²) in [6.07, 6.45) is 0.259. The van der Waals surface area contributed by atoms with E-state index >= 15 is 0 Å². The summed E-state index contributed by atoms with van der Waals surface area (Å²) in [7, 11) is 4.67. The van der Waals surface area contributed by atoms with Crippen molar-refractivity contribution in [3.63, 3.8) is 0 Å². The number of methoxy groups -OCH3 is 2. The highest BCUT2D eigenvalue weighted by atomic mass is 16.5. The summed E-state index contributed by atoms with van der Waals surface area (Å²) < 4.78 is 11.8. The first-order chi connectivity index (χ1) is 11.1. The van der Waals surface area contributed by atoms with Crippen LogP contribution in [0.15, 0.2) is 24.3 Å². The summed E-state index contributed by atoms with van der Waals surface area (Å²) in [5.74, 6) is -0.859. The number of aromatic nitrogens is 1. The first kappa shape index (κ1) is 15.4. The normalized spacial score (nSPS) is 17.5. The maximum absolute atomic E-state index is 12.4. The van der Waals surface area contributed by atoms with Crippen molar-refractivity contribution < 1.29 is 19.1 Å². The van der Waals surface area contributed by atoms with Crippen molar-refractivity contribution in [2.24, 2.45) is 7.05 Å². The van der Waals surface area contributed by atoms with Gasteiger partial charge in [-0.2, -0.15) is 0 Å². The smallest absolute Gasteiger partial charge is 0.409 e. The van der Waals surface area contributed by atoms with Crippen LogP contribution in [0.5, 0.6) is 0 Å². The molecule has 1 atom stereocenters. The lowest BCUT2D eigenvalue weighted by atomic mass is 10.00. The maximum atomic E-state index is 12.4. The molecule has 6 heteroatoms. The predicted octanol–water partition coefficient (Wildman–Crippen LogP) is 2.06. The van der Waals surface area contributed by atoms with Gasteiger partial charge in [-0.15, -0.1) is 0 Å². The Kier molecular flexibility index (Phi) is 3.98. The Bertz CT molecular complexity index is 765. The number of carbonyl (C=O) groups is 2. The quantitative estimate of drug-likeness (QED) is 0.756. The van der Waals surface area contributed by atoms with Crippen molar-refractivity contribution in [2.45, 2.75) is 12.3 Å². The number of hydrogen-bond acceptors (Lipinski definition) is 4. The highest BCUT2D eigenvalue weighted by Gasteiger charge is 2.35. The fraction of sp³-hybridized carbons (Fsp3) is 0.412. The number of hydrogen-bond donors (Lipinski definition) is 0. The van der Waals surface area contributed by atoms with Gasteiger partial charge in [-0.3, -0.25) is 4.79 Å². The van der Waals surface area contributed by atoms with Gasteiger partial charge in [-0.05, 0) is 18.1 Å². The number of fused-ring (bicyclic) bond motifs is 3. The van der Waals surface area contributed by atoms with Crippen LogP contribution in [-0.2, 0) is 27.7 Å². The van der Waals surface area contributed by atoms with Gasteiger partial charge < -0.3 is 18.9 Å². The topological polar surface area (TPSA) is 60.8 Å². The number of carbonyl (C=O) groups excluding carboxylic acids is 2. The summed E-state index contributed by atoms with van der Waals surface area (Å²) in [5.41, 5.74) is 3.10. The fourth-order valence-corrected chi connectivity index (χ4v) is 3.47. The number of esters is 1. The van der Waals surface area contributed by atoms with Gasteiger partial charge in [0.15, 0.2) is 0 Å². The summed E-state index contributed by atoms with van der Waals surface area (Å²) in [6.45, 7) is 0.775. The van der Waals surface area contributed by atoms with E-state index in [9.17, 15) is 9.59 Å². The van der Waals surface area contributed by atoms with Crippen LogP contribution in [0.25, 0.3) is 10.9 Å². The monoisotopic (exact) mass is 316 g/mol. The lowest BCUT2D eigenvalue weighted by molar-refractivity contribution is -0.142. The first-order valence-corrected chi connectivity index (χ1v) is 7.55. The van der Waals surface area contributed by atoms with E-state index < -0.39 is 12.0 Å². The number of rotatable bonds is 1. The molecule has 23 heavy (non-hydrogen) atoms. The van der Waals surface area contributed by atoms with Crippen molar-refractivity contribution in [3.05, 3.63) is 35.5 Å². The minimum Gasteiger partial charge on any atom is -0.468 e. The molecule has 1 unspecified atom stereocenters. The molecule has 0 bridgehead atoms. The zero-order valence-electron chi connectivity index (χ0n) is 13.5. The molecule has 0 spiro atoms. The molecule has 3 rings (SSSR count). The van der Waals surface area contributed by atoms with Gasteiger partial charge in [-0.25, -0.2) is 4.79 Å². The first-order valence-electron chi connectivity index (χ1n) is 7.55. The third-order valence-corrected chi connectivity index (χ3v) is 4.54. The minimum absolute atomic E-state index is 0.260. The lowest BCUT2D eigenvalue weighted by Gasteiger charge is -2.23. The van der Waals surface area contributed by atoms with Crippen molar-refractivity contribution in [1.29, 1.82) is 0 Å². The molecule has 2 heterocycles. The average molecular weight is 316 g/mol. The van der Waals surface area contributed by atoms with Crippen molar-refractivity contribution in [1.82, 2.24) is 9.47 Å². The maximum Gasteiger partial charge on any atom is 0.409 e. The van der Waals surface area contributed by atoms with E-state index in [2.05, 4.69) is 6.07 Å². The third kappa shape index (κ3) is 2.44. The van der Waals surface area contributed by atoms with Gasteiger partial charge in [-0.1, -0.05) is 18.2 Å². The second-order valence-electron chi connectivity index (χ2n) is 5.68. The van der Waals surface area contributed by atoms with E-state index in [0.29, 0.717) is 13.0 Å². The molecular formula is C17H20N2O4. The molecule has 0 aliphatic carbocycles. The summed E-state index contributed by atoms with van der Waals surface area (Å²) in [4.78, 5) is 25.9. The highest BCUT2D eigenvalue weighted by molar-refractivity contribution is 5.89. The van der Waals surface area contributed by atoms with E-state index in [1.807, 2.05) is 29.8 Å². The van der Waals surface area contributed by atoms with Crippen LogP contribution in [0, 0.1) is 0 Å². The Morgan fingerprint density at radius 3 is 2.61 bits per heavy atom. The molecule has 0 radical (unpaired) electrons. The number of ether oxygens (including phenoxy) is 2. The summed E-state index contributed by atoms with van der Waals surface area (Å²) in [5, 5.41) is 1.12. The van der Waals surface area contributed by atoms with Crippen LogP contribution < -0.4 is 0 Å².